The minimum atomic E-state index is 0.587. The summed E-state index contributed by atoms with van der Waals surface area (Å²) in [5, 5.41) is 3.79. The van der Waals surface area contributed by atoms with E-state index in [1.807, 2.05) is 0 Å². The Morgan fingerprint density at radius 2 is 1.94 bits per heavy atom. The van der Waals surface area contributed by atoms with Gasteiger partial charge in [0.1, 0.15) is 0 Å². The minimum absolute atomic E-state index is 0.587. The molecule has 0 radical (unpaired) electrons. The highest BCUT2D eigenvalue weighted by atomic mass is 15.2. The molecule has 1 aromatic rings. The third-order valence-electron chi connectivity index (χ3n) is 3.62. The number of benzene rings is 1. The molecule has 0 saturated carbocycles. The van der Waals surface area contributed by atoms with Gasteiger partial charge in [-0.3, -0.25) is 0 Å². The molecular formula is C15H24N2. The average molecular weight is 232 g/mol. The van der Waals surface area contributed by atoms with Crippen LogP contribution in [-0.4, -0.2) is 37.1 Å². The lowest BCUT2D eigenvalue weighted by atomic mass is 9.96. The first-order valence-corrected chi connectivity index (χ1v) is 6.63. The number of nitrogens with one attached hydrogen (secondary N) is 1. The van der Waals surface area contributed by atoms with Gasteiger partial charge in [-0.25, -0.2) is 0 Å². The molecule has 1 aromatic carbocycles. The summed E-state index contributed by atoms with van der Waals surface area (Å²) in [6.45, 7) is 6.92. The maximum Gasteiger partial charge on any atom is 0.0238 e. The Balaban J connectivity index is 1.96. The van der Waals surface area contributed by atoms with Crippen molar-refractivity contribution in [2.75, 3.05) is 20.1 Å². The maximum atomic E-state index is 3.79. The van der Waals surface area contributed by atoms with E-state index in [4.69, 9.17) is 0 Å². The predicted octanol–water partition coefficient (Wildman–Crippen LogP) is 2.16. The molecule has 0 amide bonds. The van der Waals surface area contributed by atoms with E-state index in [2.05, 4.69) is 61.4 Å². The number of likely N-dealkylation sites (N-methyl/N-ethyl adjacent to an activating group) is 1. The molecular weight excluding hydrogens is 208 g/mol. The van der Waals surface area contributed by atoms with Gasteiger partial charge in [0.15, 0.2) is 0 Å². The van der Waals surface area contributed by atoms with Crippen LogP contribution in [0.2, 0.25) is 0 Å². The number of hydrogen-bond acceptors (Lipinski definition) is 2. The number of piperazine rings is 1. The van der Waals surface area contributed by atoms with Crippen LogP contribution in [0.5, 0.6) is 0 Å². The van der Waals surface area contributed by atoms with Gasteiger partial charge in [-0.2, -0.15) is 0 Å². The van der Waals surface area contributed by atoms with E-state index >= 15 is 0 Å². The van der Waals surface area contributed by atoms with Gasteiger partial charge in [-0.15, -0.1) is 0 Å². The van der Waals surface area contributed by atoms with Crippen molar-refractivity contribution in [2.45, 2.75) is 32.4 Å². The van der Waals surface area contributed by atoms with Crippen molar-refractivity contribution >= 4 is 0 Å². The van der Waals surface area contributed by atoms with Crippen molar-refractivity contribution in [3.8, 4) is 0 Å². The zero-order valence-electron chi connectivity index (χ0n) is 11.2. The molecule has 1 heterocycles. The molecule has 1 aliphatic rings. The van der Waals surface area contributed by atoms with E-state index in [0.29, 0.717) is 18.0 Å². The molecule has 0 spiro atoms. The van der Waals surface area contributed by atoms with Crippen LogP contribution in [0, 0.1) is 5.92 Å². The van der Waals surface area contributed by atoms with E-state index in [9.17, 15) is 0 Å². The monoisotopic (exact) mass is 232 g/mol. The van der Waals surface area contributed by atoms with Gasteiger partial charge in [0.25, 0.3) is 0 Å². The molecule has 0 aliphatic carbocycles. The average Bonchev–Trinajstić information content (AvgIpc) is 2.29. The van der Waals surface area contributed by atoms with Crippen molar-refractivity contribution < 1.29 is 0 Å². The number of rotatable bonds is 3. The number of nitrogens with zero attached hydrogens (tertiary/aromatic N) is 1. The minimum Gasteiger partial charge on any atom is -0.308 e. The summed E-state index contributed by atoms with van der Waals surface area (Å²) >= 11 is 0. The van der Waals surface area contributed by atoms with Crippen LogP contribution in [0.3, 0.4) is 0 Å². The van der Waals surface area contributed by atoms with Gasteiger partial charge >= 0.3 is 0 Å². The highest BCUT2D eigenvalue weighted by Crippen LogP contribution is 2.13. The Hall–Kier alpha value is -0.860. The second-order valence-corrected chi connectivity index (χ2v) is 5.63. The molecule has 17 heavy (non-hydrogen) atoms. The van der Waals surface area contributed by atoms with Crippen LogP contribution in [0.15, 0.2) is 30.3 Å². The first-order chi connectivity index (χ1) is 8.15. The lowest BCUT2D eigenvalue weighted by Gasteiger charge is -2.39. The van der Waals surface area contributed by atoms with Crippen molar-refractivity contribution in [3.63, 3.8) is 0 Å². The summed E-state index contributed by atoms with van der Waals surface area (Å²) in [6.07, 6.45) is 1.13. The van der Waals surface area contributed by atoms with Crippen molar-refractivity contribution in [1.29, 1.82) is 0 Å². The molecule has 2 rings (SSSR count). The first kappa shape index (κ1) is 12.6. The topological polar surface area (TPSA) is 15.3 Å². The van der Waals surface area contributed by atoms with E-state index in [1.54, 1.807) is 0 Å². The molecule has 2 nitrogen and oxygen atoms in total. The summed E-state index contributed by atoms with van der Waals surface area (Å²) < 4.78 is 0. The van der Waals surface area contributed by atoms with Crippen LogP contribution in [0.25, 0.3) is 0 Å². The molecule has 1 N–H and O–H groups in total. The van der Waals surface area contributed by atoms with Crippen LogP contribution in [-0.2, 0) is 6.42 Å². The maximum absolute atomic E-state index is 3.79. The summed E-state index contributed by atoms with van der Waals surface area (Å²) in [6, 6.07) is 12.0. The second kappa shape index (κ2) is 5.65. The number of hydrogen-bond donors (Lipinski definition) is 1. The highest BCUT2D eigenvalue weighted by molar-refractivity contribution is 5.16. The molecule has 1 aliphatic heterocycles. The lowest BCUT2D eigenvalue weighted by Crippen LogP contribution is -2.57. The fraction of sp³-hybridized carbons (Fsp3) is 0.600. The van der Waals surface area contributed by atoms with Gasteiger partial charge in [0, 0.05) is 25.2 Å². The summed E-state index contributed by atoms with van der Waals surface area (Å²) in [7, 11) is 2.23. The molecule has 1 fully saturated rings. The summed E-state index contributed by atoms with van der Waals surface area (Å²) in [4.78, 5) is 2.45. The van der Waals surface area contributed by atoms with Crippen LogP contribution in [0.1, 0.15) is 19.4 Å². The second-order valence-electron chi connectivity index (χ2n) is 5.63. The Kier molecular flexibility index (Phi) is 4.19. The highest BCUT2D eigenvalue weighted by Gasteiger charge is 2.26. The third kappa shape index (κ3) is 3.55. The Labute approximate surface area is 105 Å². The van der Waals surface area contributed by atoms with E-state index in [0.717, 1.165) is 13.0 Å². The Bertz CT molecular complexity index is 334. The molecule has 2 atom stereocenters. The normalized spacial score (nSPS) is 26.4. The van der Waals surface area contributed by atoms with Gasteiger partial charge in [0.05, 0.1) is 0 Å². The Morgan fingerprint density at radius 3 is 2.59 bits per heavy atom. The van der Waals surface area contributed by atoms with E-state index in [-0.39, 0.29) is 0 Å². The standard InChI is InChI=1S/C15H24N2/c1-12(2)15-11-17(3)10-14(16-15)9-13-7-5-4-6-8-13/h4-8,12,14-16H,9-11H2,1-3H3/t14?,15-/m1/s1. The summed E-state index contributed by atoms with van der Waals surface area (Å²) in [5.41, 5.74) is 1.43. The van der Waals surface area contributed by atoms with Gasteiger partial charge in [-0.1, -0.05) is 44.2 Å². The quantitative estimate of drug-likeness (QED) is 0.859. The molecule has 1 saturated heterocycles. The van der Waals surface area contributed by atoms with Crippen molar-refractivity contribution in [2.24, 2.45) is 5.92 Å². The van der Waals surface area contributed by atoms with Crippen LogP contribution in [0.4, 0.5) is 0 Å². The smallest absolute Gasteiger partial charge is 0.0238 e. The zero-order chi connectivity index (χ0) is 12.3. The molecule has 0 aromatic heterocycles. The van der Waals surface area contributed by atoms with Crippen LogP contribution >= 0.6 is 0 Å². The summed E-state index contributed by atoms with van der Waals surface area (Å²) in [5.74, 6) is 0.705. The SMILES string of the molecule is CC(C)[C@H]1CN(C)CC(Cc2ccccc2)N1. The fourth-order valence-electron chi connectivity index (χ4n) is 2.62. The van der Waals surface area contributed by atoms with Crippen LogP contribution < -0.4 is 5.32 Å². The van der Waals surface area contributed by atoms with Crippen molar-refractivity contribution in [3.05, 3.63) is 35.9 Å². The first-order valence-electron chi connectivity index (χ1n) is 6.63. The van der Waals surface area contributed by atoms with E-state index in [1.165, 1.54) is 12.1 Å². The van der Waals surface area contributed by atoms with Gasteiger partial charge in [-0.05, 0) is 24.9 Å². The lowest BCUT2D eigenvalue weighted by molar-refractivity contribution is 0.164. The Morgan fingerprint density at radius 1 is 1.24 bits per heavy atom. The van der Waals surface area contributed by atoms with Crippen molar-refractivity contribution in [1.82, 2.24) is 10.2 Å². The van der Waals surface area contributed by atoms with E-state index < -0.39 is 0 Å². The largest absolute Gasteiger partial charge is 0.308 e. The van der Waals surface area contributed by atoms with Gasteiger partial charge in [0.2, 0.25) is 0 Å². The predicted molar refractivity (Wildman–Crippen MR) is 73.2 cm³/mol. The fourth-order valence-corrected chi connectivity index (χ4v) is 2.62. The molecule has 94 valence electrons. The third-order valence-corrected chi connectivity index (χ3v) is 3.62. The zero-order valence-corrected chi connectivity index (χ0v) is 11.2. The molecule has 0 bridgehead atoms. The molecule has 2 heteroatoms. The van der Waals surface area contributed by atoms with Gasteiger partial charge < -0.3 is 10.2 Å². The molecule has 1 unspecified atom stereocenters.